The third-order valence-electron chi connectivity index (χ3n) is 3.04. The van der Waals surface area contributed by atoms with Gasteiger partial charge in [0.05, 0.1) is 11.5 Å². The number of hydrogen-bond donors (Lipinski definition) is 2. The summed E-state index contributed by atoms with van der Waals surface area (Å²) in [7, 11) is 0. The summed E-state index contributed by atoms with van der Waals surface area (Å²) in [6, 6.07) is 3.60. The van der Waals surface area contributed by atoms with Gasteiger partial charge in [-0.05, 0) is 24.4 Å². The number of thiophene rings is 1. The Labute approximate surface area is 147 Å². The van der Waals surface area contributed by atoms with E-state index < -0.39 is 11.9 Å². The second-order valence-electron chi connectivity index (χ2n) is 4.64. The van der Waals surface area contributed by atoms with Gasteiger partial charge in [-0.25, -0.2) is 14.8 Å². The van der Waals surface area contributed by atoms with Crippen LogP contribution in [0, 0.1) is 0 Å². The number of rotatable bonds is 7. The number of carbonyl (C=O) groups is 3. The fourth-order valence-corrected chi connectivity index (χ4v) is 2.63. The number of nitrogens with two attached hydrogens (primary N) is 1. The third-order valence-corrected chi connectivity index (χ3v) is 3.92. The molecular weight excluding hydrogens is 344 g/mol. The minimum absolute atomic E-state index is 0.00769. The Bertz CT molecular complexity index is 802. The summed E-state index contributed by atoms with van der Waals surface area (Å²) in [5.41, 5.74) is 6.07. The van der Waals surface area contributed by atoms with Gasteiger partial charge in [-0.1, -0.05) is 6.07 Å². The molecule has 8 nitrogen and oxygen atoms in total. The summed E-state index contributed by atoms with van der Waals surface area (Å²) in [4.78, 5) is 43.6. The maximum absolute atomic E-state index is 12.1. The first-order valence-electron chi connectivity index (χ1n) is 7.34. The van der Waals surface area contributed by atoms with Gasteiger partial charge >= 0.3 is 5.97 Å². The molecule has 25 heavy (non-hydrogen) atoms. The van der Waals surface area contributed by atoms with E-state index in [1.165, 1.54) is 17.5 Å². The fourth-order valence-electron chi connectivity index (χ4n) is 1.90. The highest BCUT2D eigenvalue weighted by Crippen LogP contribution is 2.27. The number of aldehydes is 1. The molecule has 0 saturated carbocycles. The van der Waals surface area contributed by atoms with Crippen LogP contribution in [0.2, 0.25) is 0 Å². The van der Waals surface area contributed by atoms with Crippen molar-refractivity contribution in [3.63, 3.8) is 0 Å². The Hall–Kier alpha value is -2.91. The van der Waals surface area contributed by atoms with Crippen LogP contribution in [-0.4, -0.2) is 41.3 Å². The van der Waals surface area contributed by atoms with Crippen molar-refractivity contribution in [2.24, 2.45) is 5.73 Å². The lowest BCUT2D eigenvalue weighted by Crippen LogP contribution is -2.22. The Kier molecular flexibility index (Phi) is 6.49. The lowest BCUT2D eigenvalue weighted by molar-refractivity contribution is -0.113. The molecule has 0 aromatic carbocycles. The van der Waals surface area contributed by atoms with Gasteiger partial charge in [0.15, 0.2) is 0 Å². The minimum Gasteiger partial charge on any atom is -0.462 e. The van der Waals surface area contributed by atoms with Gasteiger partial charge < -0.3 is 10.5 Å². The Morgan fingerprint density at radius 1 is 1.44 bits per heavy atom. The molecule has 0 spiro atoms. The second kappa shape index (κ2) is 8.81. The predicted molar refractivity (Wildman–Crippen MR) is 93.1 cm³/mol. The van der Waals surface area contributed by atoms with Gasteiger partial charge in [-0.15, -0.1) is 11.3 Å². The van der Waals surface area contributed by atoms with E-state index in [1.54, 1.807) is 13.0 Å². The van der Waals surface area contributed by atoms with Crippen molar-refractivity contribution < 1.29 is 19.1 Å². The Balaban J connectivity index is 2.37. The summed E-state index contributed by atoms with van der Waals surface area (Å²) in [6.07, 6.45) is 2.84. The van der Waals surface area contributed by atoms with E-state index in [9.17, 15) is 14.4 Å². The van der Waals surface area contributed by atoms with Crippen LogP contribution in [0.4, 0.5) is 5.95 Å². The molecular formula is C16H16N4O4S. The zero-order valence-corrected chi connectivity index (χ0v) is 14.2. The van der Waals surface area contributed by atoms with E-state index in [4.69, 9.17) is 10.5 Å². The average molecular weight is 360 g/mol. The molecule has 0 fully saturated rings. The molecule has 0 bridgehead atoms. The zero-order valence-electron chi connectivity index (χ0n) is 13.4. The molecule has 0 atom stereocenters. The molecule has 2 rings (SSSR count). The van der Waals surface area contributed by atoms with Crippen LogP contribution < -0.4 is 11.1 Å². The predicted octanol–water partition coefficient (Wildman–Crippen LogP) is 1.40. The molecule has 2 heterocycles. The Morgan fingerprint density at radius 3 is 2.84 bits per heavy atom. The molecule has 0 unspecified atom stereocenters. The topological polar surface area (TPSA) is 124 Å². The number of amides is 1. The molecule has 130 valence electrons. The zero-order chi connectivity index (χ0) is 18.2. The SMILES string of the molecule is CCOC(=O)c1cnc(NC(=O)/C(=C\C=O)CN)nc1-c1cccs1. The molecule has 0 saturated heterocycles. The van der Waals surface area contributed by atoms with Crippen LogP contribution in [0.5, 0.6) is 0 Å². The van der Waals surface area contributed by atoms with Crippen molar-refractivity contribution in [1.82, 2.24) is 9.97 Å². The standard InChI is InChI=1S/C16H16N4O4S/c1-2-24-15(23)11-9-18-16(19-13(11)12-4-3-7-25-12)20-14(22)10(8-17)5-6-21/h3-7,9H,2,8,17H2,1H3,(H,18,19,20,22)/b10-5-. The van der Waals surface area contributed by atoms with E-state index in [0.29, 0.717) is 12.0 Å². The number of nitrogens with one attached hydrogen (secondary N) is 1. The van der Waals surface area contributed by atoms with Crippen LogP contribution in [0.1, 0.15) is 17.3 Å². The first-order chi connectivity index (χ1) is 12.1. The fraction of sp³-hybridized carbons (Fsp3) is 0.188. The second-order valence-corrected chi connectivity index (χ2v) is 5.59. The van der Waals surface area contributed by atoms with E-state index in [1.807, 2.05) is 11.4 Å². The maximum Gasteiger partial charge on any atom is 0.341 e. The molecule has 9 heteroatoms. The van der Waals surface area contributed by atoms with E-state index in [0.717, 1.165) is 11.0 Å². The molecule has 0 aliphatic carbocycles. The van der Waals surface area contributed by atoms with Crippen molar-refractivity contribution in [2.45, 2.75) is 6.92 Å². The summed E-state index contributed by atoms with van der Waals surface area (Å²) < 4.78 is 5.01. The van der Waals surface area contributed by atoms with E-state index >= 15 is 0 Å². The lowest BCUT2D eigenvalue weighted by Gasteiger charge is -2.10. The number of hydrogen-bond acceptors (Lipinski definition) is 8. The van der Waals surface area contributed by atoms with Gasteiger partial charge in [0.1, 0.15) is 17.5 Å². The molecule has 3 N–H and O–H groups in total. The summed E-state index contributed by atoms with van der Waals surface area (Å²) >= 11 is 1.38. The molecule has 2 aromatic heterocycles. The van der Waals surface area contributed by atoms with Crippen molar-refractivity contribution >= 4 is 35.4 Å². The van der Waals surface area contributed by atoms with Crippen molar-refractivity contribution in [3.05, 3.63) is 40.9 Å². The summed E-state index contributed by atoms with van der Waals surface area (Å²) in [5, 5.41) is 4.30. The highest BCUT2D eigenvalue weighted by atomic mass is 32.1. The largest absolute Gasteiger partial charge is 0.462 e. The monoisotopic (exact) mass is 360 g/mol. The van der Waals surface area contributed by atoms with Crippen molar-refractivity contribution in [3.8, 4) is 10.6 Å². The third kappa shape index (κ3) is 4.55. The van der Waals surface area contributed by atoms with E-state index in [-0.39, 0.29) is 30.2 Å². The highest BCUT2D eigenvalue weighted by Gasteiger charge is 2.19. The van der Waals surface area contributed by atoms with Crippen LogP contribution in [0.3, 0.4) is 0 Å². The number of nitrogens with zero attached hydrogens (tertiary/aromatic N) is 2. The molecule has 0 radical (unpaired) electrons. The lowest BCUT2D eigenvalue weighted by atomic mass is 10.2. The summed E-state index contributed by atoms with van der Waals surface area (Å²) in [6.45, 7) is 1.81. The van der Waals surface area contributed by atoms with Gasteiger partial charge in [-0.3, -0.25) is 14.9 Å². The normalized spacial score (nSPS) is 11.0. The van der Waals surface area contributed by atoms with Gasteiger partial charge in [0.25, 0.3) is 5.91 Å². The first kappa shape index (κ1) is 18.4. The van der Waals surface area contributed by atoms with Crippen LogP contribution in [-0.2, 0) is 14.3 Å². The van der Waals surface area contributed by atoms with Gasteiger partial charge in [0, 0.05) is 18.3 Å². The van der Waals surface area contributed by atoms with E-state index in [2.05, 4.69) is 15.3 Å². The number of carbonyl (C=O) groups excluding carboxylic acids is 3. The smallest absolute Gasteiger partial charge is 0.341 e. The minimum atomic E-state index is -0.587. The Morgan fingerprint density at radius 2 is 2.24 bits per heavy atom. The molecule has 0 aliphatic heterocycles. The van der Waals surface area contributed by atoms with Crippen LogP contribution >= 0.6 is 11.3 Å². The number of anilines is 1. The maximum atomic E-state index is 12.1. The number of ether oxygens (including phenoxy) is 1. The van der Waals surface area contributed by atoms with Crippen molar-refractivity contribution in [2.75, 3.05) is 18.5 Å². The number of allylic oxidation sites excluding steroid dienone is 1. The molecule has 1 amide bonds. The van der Waals surface area contributed by atoms with Gasteiger partial charge in [0.2, 0.25) is 5.95 Å². The highest BCUT2D eigenvalue weighted by molar-refractivity contribution is 7.13. The molecule has 0 aliphatic rings. The summed E-state index contributed by atoms with van der Waals surface area (Å²) in [5.74, 6) is -1.14. The van der Waals surface area contributed by atoms with Crippen LogP contribution in [0.15, 0.2) is 35.4 Å². The number of aromatic nitrogens is 2. The van der Waals surface area contributed by atoms with Gasteiger partial charge in [-0.2, -0.15) is 0 Å². The quantitative estimate of drug-likeness (QED) is 0.434. The molecule has 2 aromatic rings. The average Bonchev–Trinajstić information content (AvgIpc) is 3.14. The first-order valence-corrected chi connectivity index (χ1v) is 8.22. The number of esters is 1. The van der Waals surface area contributed by atoms with Crippen LogP contribution in [0.25, 0.3) is 10.6 Å². The van der Waals surface area contributed by atoms with Crippen molar-refractivity contribution in [1.29, 1.82) is 0 Å².